The number of para-hydroxylation sites is 3. The summed E-state index contributed by atoms with van der Waals surface area (Å²) in [7, 11) is 1.73. The molecule has 2 aromatic rings. The zero-order valence-corrected chi connectivity index (χ0v) is 17.3. The summed E-state index contributed by atoms with van der Waals surface area (Å²) in [5.74, 6) is 2.41. The molecule has 4 rings (SSSR count). The Balaban J connectivity index is 1.16. The predicted octanol–water partition coefficient (Wildman–Crippen LogP) is 2.36. The largest absolute Gasteiger partial charge is 0.486 e. The van der Waals surface area contributed by atoms with Gasteiger partial charge in [-0.1, -0.05) is 30.3 Å². The summed E-state index contributed by atoms with van der Waals surface area (Å²) in [4.78, 5) is 18.7. The first-order valence-electron chi connectivity index (χ1n) is 10.5. The van der Waals surface area contributed by atoms with Crippen LogP contribution in [0.15, 0.2) is 53.5 Å². The van der Waals surface area contributed by atoms with Gasteiger partial charge >= 0.3 is 0 Å². The second-order valence-electron chi connectivity index (χ2n) is 7.41. The van der Waals surface area contributed by atoms with Crippen LogP contribution in [0.1, 0.15) is 18.4 Å². The van der Waals surface area contributed by atoms with Crippen LogP contribution in [0.5, 0.6) is 11.5 Å². The van der Waals surface area contributed by atoms with Gasteiger partial charge in [0.25, 0.3) is 0 Å². The summed E-state index contributed by atoms with van der Waals surface area (Å²) >= 11 is 0. The number of nitrogens with one attached hydrogen (secondary N) is 2. The molecule has 1 amide bonds. The number of ether oxygens (including phenoxy) is 2. The Labute approximate surface area is 177 Å². The zero-order valence-electron chi connectivity index (χ0n) is 17.3. The third kappa shape index (κ3) is 4.67. The molecule has 0 saturated heterocycles. The van der Waals surface area contributed by atoms with Gasteiger partial charge in [-0.05, 0) is 36.6 Å². The number of amides is 1. The normalized spacial score (nSPS) is 17.4. The maximum absolute atomic E-state index is 12.6. The van der Waals surface area contributed by atoms with Gasteiger partial charge in [-0.2, -0.15) is 0 Å². The molecule has 158 valence electrons. The van der Waals surface area contributed by atoms with Crippen molar-refractivity contribution in [1.29, 1.82) is 0 Å². The van der Waals surface area contributed by atoms with Crippen LogP contribution in [0, 0.1) is 0 Å². The minimum Gasteiger partial charge on any atom is -0.486 e. The van der Waals surface area contributed by atoms with Crippen molar-refractivity contribution in [1.82, 2.24) is 10.6 Å². The molecular weight excluding hydrogens is 380 g/mol. The number of anilines is 1. The van der Waals surface area contributed by atoms with Crippen molar-refractivity contribution in [3.63, 3.8) is 0 Å². The van der Waals surface area contributed by atoms with Crippen molar-refractivity contribution in [2.75, 3.05) is 38.2 Å². The van der Waals surface area contributed by atoms with E-state index >= 15 is 0 Å². The average Bonchev–Trinajstić information content (AvgIpc) is 3.22. The van der Waals surface area contributed by atoms with Crippen LogP contribution in [0.3, 0.4) is 0 Å². The highest BCUT2D eigenvalue weighted by Gasteiger charge is 2.23. The first-order chi connectivity index (χ1) is 14.7. The lowest BCUT2D eigenvalue weighted by atomic mass is 10.2. The van der Waals surface area contributed by atoms with Crippen LogP contribution in [-0.4, -0.2) is 51.3 Å². The number of guanidine groups is 1. The summed E-state index contributed by atoms with van der Waals surface area (Å²) in [5, 5.41) is 6.53. The Hall–Kier alpha value is -3.22. The fourth-order valence-corrected chi connectivity index (χ4v) is 3.77. The first kappa shape index (κ1) is 20.1. The van der Waals surface area contributed by atoms with Crippen LogP contribution >= 0.6 is 0 Å². The van der Waals surface area contributed by atoms with E-state index in [-0.39, 0.29) is 12.0 Å². The molecule has 0 saturated carbocycles. The summed E-state index contributed by atoms with van der Waals surface area (Å²) in [5.41, 5.74) is 2.31. The fourth-order valence-electron chi connectivity index (χ4n) is 3.77. The van der Waals surface area contributed by atoms with Gasteiger partial charge in [-0.25, -0.2) is 0 Å². The van der Waals surface area contributed by atoms with E-state index in [4.69, 9.17) is 9.47 Å². The minimum atomic E-state index is -0.0877. The van der Waals surface area contributed by atoms with Crippen molar-refractivity contribution in [3.8, 4) is 11.5 Å². The molecule has 1 atom stereocenters. The average molecular weight is 409 g/mol. The van der Waals surface area contributed by atoms with Crippen molar-refractivity contribution < 1.29 is 14.3 Å². The molecule has 2 aromatic carbocycles. The minimum absolute atomic E-state index is 0.0877. The molecule has 30 heavy (non-hydrogen) atoms. The topological polar surface area (TPSA) is 75.2 Å². The Morgan fingerprint density at radius 1 is 1.13 bits per heavy atom. The summed E-state index contributed by atoms with van der Waals surface area (Å²) in [6.07, 6.45) is 2.10. The number of fused-ring (bicyclic) bond motifs is 2. The number of carbonyl (C=O) groups is 1. The van der Waals surface area contributed by atoms with Crippen molar-refractivity contribution in [2.24, 2.45) is 4.99 Å². The zero-order chi connectivity index (χ0) is 20.8. The monoisotopic (exact) mass is 408 g/mol. The van der Waals surface area contributed by atoms with Gasteiger partial charge in [-0.15, -0.1) is 0 Å². The lowest BCUT2D eigenvalue weighted by molar-refractivity contribution is -0.118. The molecule has 0 spiro atoms. The molecule has 7 nitrogen and oxygen atoms in total. The molecule has 2 aliphatic rings. The summed E-state index contributed by atoms with van der Waals surface area (Å²) in [6.45, 7) is 2.53. The van der Waals surface area contributed by atoms with Crippen LogP contribution in [0.4, 0.5) is 5.69 Å². The second kappa shape index (κ2) is 9.52. The molecule has 7 heteroatoms. The smallest absolute Gasteiger partial charge is 0.227 e. The quantitative estimate of drug-likeness (QED) is 0.436. The van der Waals surface area contributed by atoms with E-state index in [1.807, 2.05) is 47.4 Å². The number of carbonyl (C=O) groups excluding carboxylic acids is 1. The first-order valence-corrected chi connectivity index (χ1v) is 10.5. The summed E-state index contributed by atoms with van der Waals surface area (Å²) < 4.78 is 11.7. The maximum Gasteiger partial charge on any atom is 0.227 e. The second-order valence-corrected chi connectivity index (χ2v) is 7.41. The van der Waals surface area contributed by atoms with Gasteiger partial charge in [0.2, 0.25) is 5.91 Å². The van der Waals surface area contributed by atoms with Gasteiger partial charge in [0.1, 0.15) is 12.7 Å². The standard InChI is InChI=1S/C23H28N4O3/c1-24-23(26-15-18-16-29-20-9-4-5-10-21(20)30-18)25-13-6-11-22(28)27-14-12-17-7-2-3-8-19(17)27/h2-5,7-10,18H,6,11-16H2,1H3,(H2,24,25,26). The van der Waals surface area contributed by atoms with Crippen LogP contribution in [0.2, 0.25) is 0 Å². The Kier molecular flexibility index (Phi) is 6.37. The van der Waals surface area contributed by atoms with Crippen molar-refractivity contribution in [3.05, 3.63) is 54.1 Å². The summed E-state index contributed by atoms with van der Waals surface area (Å²) in [6, 6.07) is 15.8. The molecule has 0 bridgehead atoms. The maximum atomic E-state index is 12.6. The Morgan fingerprint density at radius 3 is 2.80 bits per heavy atom. The number of hydrogen-bond donors (Lipinski definition) is 2. The highest BCUT2D eigenvalue weighted by atomic mass is 16.6. The van der Waals surface area contributed by atoms with Crippen LogP contribution in [0.25, 0.3) is 0 Å². The van der Waals surface area contributed by atoms with Gasteiger partial charge < -0.3 is 25.0 Å². The lowest BCUT2D eigenvalue weighted by Gasteiger charge is -2.27. The number of aliphatic imine (C=N–C) groups is 1. The number of nitrogens with zero attached hydrogens (tertiary/aromatic N) is 2. The van der Waals surface area contributed by atoms with Gasteiger partial charge in [0, 0.05) is 32.2 Å². The van der Waals surface area contributed by atoms with Gasteiger partial charge in [-0.3, -0.25) is 9.79 Å². The highest BCUT2D eigenvalue weighted by Crippen LogP contribution is 2.30. The third-order valence-electron chi connectivity index (χ3n) is 5.34. The van der Waals surface area contributed by atoms with Crippen LogP contribution in [-0.2, 0) is 11.2 Å². The lowest BCUT2D eigenvalue weighted by Crippen LogP contribution is -2.45. The molecule has 2 heterocycles. The van der Waals surface area contributed by atoms with Crippen LogP contribution < -0.4 is 25.0 Å². The van der Waals surface area contributed by atoms with E-state index in [0.29, 0.717) is 32.1 Å². The number of hydrogen-bond acceptors (Lipinski definition) is 4. The number of benzene rings is 2. The van der Waals surface area contributed by atoms with E-state index < -0.39 is 0 Å². The Morgan fingerprint density at radius 2 is 1.93 bits per heavy atom. The fraction of sp³-hybridized carbons (Fsp3) is 0.391. The third-order valence-corrected chi connectivity index (χ3v) is 5.34. The molecule has 2 aliphatic heterocycles. The SMILES string of the molecule is CN=C(NCCCC(=O)N1CCc2ccccc21)NCC1COc2ccccc2O1. The van der Waals surface area contributed by atoms with Crippen molar-refractivity contribution in [2.45, 2.75) is 25.4 Å². The highest BCUT2D eigenvalue weighted by molar-refractivity contribution is 5.95. The molecule has 0 aromatic heterocycles. The molecular formula is C23H28N4O3. The molecule has 2 N–H and O–H groups in total. The molecule has 0 fully saturated rings. The van der Waals surface area contributed by atoms with E-state index in [2.05, 4.69) is 21.7 Å². The van der Waals surface area contributed by atoms with E-state index in [1.165, 1.54) is 5.56 Å². The van der Waals surface area contributed by atoms with E-state index in [0.717, 1.165) is 36.6 Å². The Bertz CT molecular complexity index is 915. The van der Waals surface area contributed by atoms with Crippen molar-refractivity contribution >= 4 is 17.6 Å². The molecule has 1 unspecified atom stereocenters. The van der Waals surface area contributed by atoms with E-state index in [9.17, 15) is 4.79 Å². The van der Waals surface area contributed by atoms with Gasteiger partial charge in [0.05, 0.1) is 6.54 Å². The van der Waals surface area contributed by atoms with E-state index in [1.54, 1.807) is 7.05 Å². The predicted molar refractivity (Wildman–Crippen MR) is 117 cm³/mol. The molecule has 0 aliphatic carbocycles. The number of rotatable bonds is 6. The molecule has 0 radical (unpaired) electrons. The van der Waals surface area contributed by atoms with Gasteiger partial charge in [0.15, 0.2) is 17.5 Å².